The summed E-state index contributed by atoms with van der Waals surface area (Å²) in [6, 6.07) is 23.2. The summed E-state index contributed by atoms with van der Waals surface area (Å²) in [4.78, 5) is 36.1. The molecule has 1 aliphatic heterocycles. The van der Waals surface area contributed by atoms with Gasteiger partial charge < -0.3 is 15.0 Å². The van der Waals surface area contributed by atoms with Crippen LogP contribution in [-0.4, -0.2) is 32.4 Å². The molecule has 38 heavy (non-hydrogen) atoms. The molecule has 1 atom stereocenters. The van der Waals surface area contributed by atoms with E-state index in [0.717, 1.165) is 24.1 Å². The van der Waals surface area contributed by atoms with Crippen LogP contribution in [0, 0.1) is 5.82 Å². The number of benzene rings is 3. The summed E-state index contributed by atoms with van der Waals surface area (Å²) in [5, 5.41) is 11.0. The highest BCUT2D eigenvalue weighted by Crippen LogP contribution is 2.51. The highest BCUT2D eigenvalue weighted by atomic mass is 19.1. The number of aliphatic hydroxyl groups is 1. The second kappa shape index (κ2) is 9.65. The molecule has 7 heteroatoms. The van der Waals surface area contributed by atoms with Crippen molar-refractivity contribution in [2.24, 2.45) is 0 Å². The third kappa shape index (κ3) is 4.43. The highest BCUT2D eigenvalue weighted by molar-refractivity contribution is 5.82. The average molecular weight is 510 g/mol. The number of aryl methyl sites for hydroxylation is 1. The number of hydrogen-bond donors (Lipinski definition) is 2. The van der Waals surface area contributed by atoms with Gasteiger partial charge in [0.05, 0.1) is 23.2 Å². The summed E-state index contributed by atoms with van der Waals surface area (Å²) in [6.07, 6.45) is 1.70. The number of carbonyl (C=O) groups is 1. The summed E-state index contributed by atoms with van der Waals surface area (Å²) in [5.74, 6) is -0.131. The van der Waals surface area contributed by atoms with Gasteiger partial charge >= 0.3 is 0 Å². The van der Waals surface area contributed by atoms with Crippen molar-refractivity contribution in [2.45, 2.75) is 43.7 Å². The maximum absolute atomic E-state index is 13.7. The SMILES string of the molecule is O=C(C(O)c1cccc(-c2cccc(F)c2)c1)N1CCCc2nc(C3(c4ccccc4)CC3)[nH]c(=O)c2C1. The summed E-state index contributed by atoms with van der Waals surface area (Å²) in [7, 11) is 0. The van der Waals surface area contributed by atoms with Crippen LogP contribution in [0.25, 0.3) is 11.1 Å². The van der Waals surface area contributed by atoms with Crippen LogP contribution < -0.4 is 5.56 Å². The molecule has 2 N–H and O–H groups in total. The van der Waals surface area contributed by atoms with Gasteiger partial charge in [-0.3, -0.25) is 9.59 Å². The smallest absolute Gasteiger partial charge is 0.256 e. The van der Waals surface area contributed by atoms with Crippen LogP contribution in [0.3, 0.4) is 0 Å². The Bertz CT molecular complexity index is 1560. The van der Waals surface area contributed by atoms with Crippen LogP contribution in [0.15, 0.2) is 83.7 Å². The van der Waals surface area contributed by atoms with Crippen LogP contribution in [0.2, 0.25) is 0 Å². The molecule has 2 aliphatic rings. The first-order valence-electron chi connectivity index (χ1n) is 13.0. The van der Waals surface area contributed by atoms with Crippen molar-refractivity contribution in [1.29, 1.82) is 0 Å². The number of aromatic amines is 1. The number of hydrogen-bond acceptors (Lipinski definition) is 4. The molecule has 1 fully saturated rings. The summed E-state index contributed by atoms with van der Waals surface area (Å²) in [6.45, 7) is 0.504. The van der Waals surface area contributed by atoms with Crippen molar-refractivity contribution < 1.29 is 14.3 Å². The number of rotatable bonds is 5. The monoisotopic (exact) mass is 509 g/mol. The van der Waals surface area contributed by atoms with Crippen LogP contribution in [0.1, 0.15) is 53.6 Å². The van der Waals surface area contributed by atoms with Gasteiger partial charge in [-0.25, -0.2) is 9.37 Å². The Hall–Kier alpha value is -4.10. The summed E-state index contributed by atoms with van der Waals surface area (Å²) < 4.78 is 13.7. The molecule has 1 unspecified atom stereocenters. The minimum absolute atomic E-state index is 0.0930. The molecule has 0 radical (unpaired) electrons. The molecule has 0 saturated heterocycles. The van der Waals surface area contributed by atoms with E-state index in [2.05, 4.69) is 17.1 Å². The lowest BCUT2D eigenvalue weighted by Gasteiger charge is -2.24. The van der Waals surface area contributed by atoms with Crippen molar-refractivity contribution >= 4 is 5.91 Å². The predicted molar refractivity (Wildman–Crippen MR) is 142 cm³/mol. The number of carbonyl (C=O) groups excluding carboxylic acids is 1. The number of aromatic nitrogens is 2. The Morgan fingerprint density at radius 3 is 2.47 bits per heavy atom. The minimum atomic E-state index is -1.40. The maximum atomic E-state index is 13.7. The van der Waals surface area contributed by atoms with E-state index in [0.29, 0.717) is 47.5 Å². The van der Waals surface area contributed by atoms with Crippen LogP contribution in [0.4, 0.5) is 4.39 Å². The highest BCUT2D eigenvalue weighted by Gasteiger charge is 2.48. The molecule has 1 aliphatic carbocycles. The van der Waals surface area contributed by atoms with E-state index in [-0.39, 0.29) is 23.3 Å². The molecule has 4 aromatic rings. The fourth-order valence-electron chi connectivity index (χ4n) is 5.45. The first-order chi connectivity index (χ1) is 18.4. The molecule has 1 amide bonds. The Morgan fingerprint density at radius 1 is 1.00 bits per heavy atom. The Labute approximate surface area is 219 Å². The second-order valence-corrected chi connectivity index (χ2v) is 10.2. The van der Waals surface area contributed by atoms with Gasteiger partial charge in [-0.2, -0.15) is 0 Å². The Morgan fingerprint density at radius 2 is 1.74 bits per heavy atom. The van der Waals surface area contributed by atoms with E-state index >= 15 is 0 Å². The molecule has 6 rings (SSSR count). The van der Waals surface area contributed by atoms with Crippen LogP contribution in [-0.2, 0) is 23.2 Å². The standard InChI is InChI=1S/C31H28FN3O3/c32-24-12-5-8-21(18-24)20-7-4-9-22(17-20)27(36)29(38)35-16-6-13-26-25(19-35)28(37)34-30(33-26)31(14-15-31)23-10-2-1-3-11-23/h1-5,7-12,17-18,27,36H,6,13-16,19H2,(H,33,34,37). The van der Waals surface area contributed by atoms with Gasteiger partial charge in [0, 0.05) is 6.54 Å². The molecule has 1 saturated carbocycles. The molecule has 1 aromatic heterocycles. The number of amides is 1. The van der Waals surface area contributed by atoms with Crippen LogP contribution in [0.5, 0.6) is 0 Å². The number of halogens is 1. The summed E-state index contributed by atoms with van der Waals surface area (Å²) in [5.41, 5.74) is 3.66. The molecular weight excluding hydrogens is 481 g/mol. The number of fused-ring (bicyclic) bond motifs is 1. The fourth-order valence-corrected chi connectivity index (χ4v) is 5.45. The molecule has 2 heterocycles. The normalized spacial score (nSPS) is 16.8. The van der Waals surface area contributed by atoms with Gasteiger partial charge in [0.1, 0.15) is 11.6 Å². The molecule has 0 spiro atoms. The van der Waals surface area contributed by atoms with Gasteiger partial charge in [-0.1, -0.05) is 60.7 Å². The first-order valence-corrected chi connectivity index (χ1v) is 13.0. The fraction of sp³-hybridized carbons (Fsp3) is 0.258. The third-order valence-corrected chi connectivity index (χ3v) is 7.73. The van der Waals surface area contributed by atoms with Crippen LogP contribution >= 0.6 is 0 Å². The molecule has 192 valence electrons. The van der Waals surface area contributed by atoms with Crippen molar-refractivity contribution in [3.05, 3.63) is 123 Å². The quantitative estimate of drug-likeness (QED) is 0.410. The first kappa shape index (κ1) is 24.2. The van der Waals surface area contributed by atoms with E-state index in [1.54, 1.807) is 30.3 Å². The zero-order valence-electron chi connectivity index (χ0n) is 20.9. The molecule has 0 bridgehead atoms. The van der Waals surface area contributed by atoms with E-state index in [1.807, 2.05) is 24.3 Å². The lowest BCUT2D eigenvalue weighted by molar-refractivity contribution is -0.141. The average Bonchev–Trinajstić information content (AvgIpc) is 3.77. The van der Waals surface area contributed by atoms with E-state index in [4.69, 9.17) is 4.98 Å². The topological polar surface area (TPSA) is 86.3 Å². The maximum Gasteiger partial charge on any atom is 0.256 e. The largest absolute Gasteiger partial charge is 0.378 e. The minimum Gasteiger partial charge on any atom is -0.378 e. The van der Waals surface area contributed by atoms with E-state index < -0.39 is 12.0 Å². The second-order valence-electron chi connectivity index (χ2n) is 10.2. The van der Waals surface area contributed by atoms with E-state index in [9.17, 15) is 19.1 Å². The Kier molecular flexibility index (Phi) is 6.16. The number of aliphatic hydroxyl groups excluding tert-OH is 1. The van der Waals surface area contributed by atoms with Crippen molar-refractivity contribution in [3.8, 4) is 11.1 Å². The lowest BCUT2D eigenvalue weighted by atomic mass is 9.94. The zero-order valence-corrected chi connectivity index (χ0v) is 20.9. The van der Waals surface area contributed by atoms with Gasteiger partial charge in [0.15, 0.2) is 6.10 Å². The molecule has 6 nitrogen and oxygen atoms in total. The van der Waals surface area contributed by atoms with Gasteiger partial charge in [-0.05, 0) is 66.1 Å². The number of nitrogens with zero attached hydrogens (tertiary/aromatic N) is 2. The van der Waals surface area contributed by atoms with Crippen molar-refractivity contribution in [3.63, 3.8) is 0 Å². The Balaban J connectivity index is 1.25. The molecule has 3 aromatic carbocycles. The van der Waals surface area contributed by atoms with E-state index in [1.165, 1.54) is 17.0 Å². The van der Waals surface area contributed by atoms with Crippen molar-refractivity contribution in [1.82, 2.24) is 14.9 Å². The van der Waals surface area contributed by atoms with Crippen molar-refractivity contribution in [2.75, 3.05) is 6.54 Å². The van der Waals surface area contributed by atoms with Gasteiger partial charge in [-0.15, -0.1) is 0 Å². The van der Waals surface area contributed by atoms with Gasteiger partial charge in [0.2, 0.25) is 0 Å². The summed E-state index contributed by atoms with van der Waals surface area (Å²) >= 11 is 0. The number of nitrogens with one attached hydrogen (secondary N) is 1. The molecular formula is C31H28FN3O3. The third-order valence-electron chi connectivity index (χ3n) is 7.73. The lowest BCUT2D eigenvalue weighted by Crippen LogP contribution is -2.36. The zero-order chi connectivity index (χ0) is 26.3. The predicted octanol–water partition coefficient (Wildman–Crippen LogP) is 4.66. The number of H-pyrrole nitrogens is 1. The van der Waals surface area contributed by atoms with Gasteiger partial charge in [0.25, 0.3) is 11.5 Å².